The second kappa shape index (κ2) is 8.14. The van der Waals surface area contributed by atoms with Gasteiger partial charge in [0.15, 0.2) is 0 Å². The van der Waals surface area contributed by atoms with Crippen LogP contribution in [0.2, 0.25) is 5.02 Å². The fraction of sp³-hybridized carbons (Fsp3) is 0.238. The van der Waals surface area contributed by atoms with Crippen molar-refractivity contribution in [3.63, 3.8) is 0 Å². The molecule has 1 aliphatic heterocycles. The fourth-order valence-electron chi connectivity index (χ4n) is 3.10. The number of fused-ring (bicyclic) bond motifs is 1. The van der Waals surface area contributed by atoms with Crippen LogP contribution in [-0.4, -0.2) is 18.5 Å². The van der Waals surface area contributed by atoms with Crippen LogP contribution in [0.25, 0.3) is 0 Å². The molecule has 0 bridgehead atoms. The normalized spacial score (nSPS) is 16.7. The Balaban J connectivity index is 0.000000433. The van der Waals surface area contributed by atoms with E-state index in [0.29, 0.717) is 5.92 Å². The van der Waals surface area contributed by atoms with Gasteiger partial charge in [0, 0.05) is 24.0 Å². The summed E-state index contributed by atoms with van der Waals surface area (Å²) in [5.74, 6) is 0.378. The Labute approximate surface area is 144 Å². The smallest absolute Gasteiger partial charge is 0.0447 e. The molecular weight excluding hydrogens is 302 g/mol. The predicted molar refractivity (Wildman–Crippen MR) is 101 cm³/mol. The molecule has 0 aromatic heterocycles. The van der Waals surface area contributed by atoms with Crippen LogP contribution in [0.5, 0.6) is 0 Å². The number of halogens is 1. The van der Waals surface area contributed by atoms with E-state index in [4.69, 9.17) is 11.6 Å². The van der Waals surface area contributed by atoms with Crippen LogP contribution >= 0.6 is 11.6 Å². The Morgan fingerprint density at radius 1 is 1.09 bits per heavy atom. The van der Waals surface area contributed by atoms with Gasteiger partial charge in [-0.3, -0.25) is 0 Å². The van der Waals surface area contributed by atoms with Crippen LogP contribution in [0.15, 0.2) is 67.8 Å². The van der Waals surface area contributed by atoms with E-state index in [1.165, 1.54) is 22.3 Å². The molecule has 0 saturated heterocycles. The number of benzene rings is 2. The van der Waals surface area contributed by atoms with Crippen molar-refractivity contribution in [1.82, 2.24) is 4.90 Å². The number of hydrogen-bond donors (Lipinski definition) is 0. The minimum atomic E-state index is 0.378. The second-order valence-electron chi connectivity index (χ2n) is 5.89. The molecule has 1 heterocycles. The van der Waals surface area contributed by atoms with Crippen LogP contribution in [0.1, 0.15) is 28.2 Å². The summed E-state index contributed by atoms with van der Waals surface area (Å²) < 4.78 is 0. The highest BCUT2D eigenvalue weighted by Crippen LogP contribution is 2.38. The number of allylic oxidation sites excluding steroid dienone is 2. The first-order chi connectivity index (χ1) is 11.1. The maximum atomic E-state index is 6.47. The van der Waals surface area contributed by atoms with Crippen molar-refractivity contribution in [3.8, 4) is 0 Å². The summed E-state index contributed by atoms with van der Waals surface area (Å²) >= 11 is 6.47. The van der Waals surface area contributed by atoms with Crippen LogP contribution in [0, 0.1) is 6.92 Å². The molecular formula is C21H24ClN. The van der Waals surface area contributed by atoms with E-state index in [-0.39, 0.29) is 0 Å². The summed E-state index contributed by atoms with van der Waals surface area (Å²) in [4.78, 5) is 2.37. The third kappa shape index (κ3) is 4.13. The Kier molecular flexibility index (Phi) is 6.20. The van der Waals surface area contributed by atoms with Gasteiger partial charge < -0.3 is 4.90 Å². The zero-order valence-electron chi connectivity index (χ0n) is 13.9. The number of rotatable bonds is 2. The SMILES string of the molecule is C=CC=C.Cc1ccccc1C1CN(C)Cc2cccc(Cl)c21. The molecule has 0 aliphatic carbocycles. The zero-order valence-corrected chi connectivity index (χ0v) is 14.7. The molecule has 0 N–H and O–H groups in total. The molecule has 1 nitrogen and oxygen atoms in total. The van der Waals surface area contributed by atoms with Crippen molar-refractivity contribution in [2.24, 2.45) is 0 Å². The number of hydrogen-bond acceptors (Lipinski definition) is 1. The van der Waals surface area contributed by atoms with Gasteiger partial charge in [-0.1, -0.05) is 73.3 Å². The lowest BCUT2D eigenvalue weighted by Crippen LogP contribution is -2.31. The monoisotopic (exact) mass is 325 g/mol. The van der Waals surface area contributed by atoms with E-state index < -0.39 is 0 Å². The summed E-state index contributed by atoms with van der Waals surface area (Å²) in [6.07, 6.45) is 3.28. The summed E-state index contributed by atoms with van der Waals surface area (Å²) in [6, 6.07) is 14.9. The predicted octanol–water partition coefficient (Wildman–Crippen LogP) is 5.58. The molecule has 3 rings (SSSR count). The molecule has 2 heteroatoms. The van der Waals surface area contributed by atoms with Crippen LogP contribution in [0.4, 0.5) is 0 Å². The second-order valence-corrected chi connectivity index (χ2v) is 6.30. The van der Waals surface area contributed by atoms with Gasteiger partial charge in [-0.05, 0) is 42.3 Å². The van der Waals surface area contributed by atoms with Crippen molar-refractivity contribution in [2.45, 2.75) is 19.4 Å². The maximum absolute atomic E-state index is 6.47. The third-order valence-electron chi connectivity index (χ3n) is 4.16. The summed E-state index contributed by atoms with van der Waals surface area (Å²) in [6.45, 7) is 10.9. The standard InChI is InChI=1S/C17H18ClN.C4H6/c1-12-6-3-4-8-14(12)15-11-19(2)10-13-7-5-9-16(18)17(13)15;1-3-4-2/h3-9,15H,10-11H2,1-2H3;3-4H,1-2H2. The average Bonchev–Trinajstić information content (AvgIpc) is 2.55. The van der Waals surface area contributed by atoms with Crippen molar-refractivity contribution in [3.05, 3.63) is 95.1 Å². The van der Waals surface area contributed by atoms with E-state index in [1.807, 2.05) is 6.07 Å². The molecule has 120 valence electrons. The van der Waals surface area contributed by atoms with Gasteiger partial charge in [0.05, 0.1) is 0 Å². The fourth-order valence-corrected chi connectivity index (χ4v) is 3.43. The van der Waals surface area contributed by atoms with Gasteiger partial charge in [0.25, 0.3) is 0 Å². The van der Waals surface area contributed by atoms with Crippen LogP contribution < -0.4 is 0 Å². The molecule has 1 atom stereocenters. The van der Waals surface area contributed by atoms with Gasteiger partial charge in [-0.15, -0.1) is 0 Å². The van der Waals surface area contributed by atoms with Gasteiger partial charge in [0.2, 0.25) is 0 Å². The molecule has 1 unspecified atom stereocenters. The quantitative estimate of drug-likeness (QED) is 0.651. The van der Waals surface area contributed by atoms with Crippen LogP contribution in [0.3, 0.4) is 0 Å². The summed E-state index contributed by atoms with van der Waals surface area (Å²) in [7, 11) is 2.18. The summed E-state index contributed by atoms with van der Waals surface area (Å²) in [5.41, 5.74) is 5.41. The van der Waals surface area contributed by atoms with Crippen molar-refractivity contribution >= 4 is 11.6 Å². The van der Waals surface area contributed by atoms with E-state index >= 15 is 0 Å². The van der Waals surface area contributed by atoms with E-state index in [0.717, 1.165) is 18.1 Å². The molecule has 0 amide bonds. The Morgan fingerprint density at radius 3 is 2.43 bits per heavy atom. The molecule has 23 heavy (non-hydrogen) atoms. The Hall–Kier alpha value is -1.83. The lowest BCUT2D eigenvalue weighted by Gasteiger charge is -2.34. The van der Waals surface area contributed by atoms with Crippen molar-refractivity contribution in [2.75, 3.05) is 13.6 Å². The minimum Gasteiger partial charge on any atom is -0.301 e. The largest absolute Gasteiger partial charge is 0.301 e. The van der Waals surface area contributed by atoms with Crippen molar-refractivity contribution < 1.29 is 0 Å². The lowest BCUT2D eigenvalue weighted by atomic mass is 9.83. The Bertz CT molecular complexity index is 684. The van der Waals surface area contributed by atoms with E-state index in [2.05, 4.69) is 68.4 Å². The van der Waals surface area contributed by atoms with Gasteiger partial charge in [-0.2, -0.15) is 0 Å². The molecule has 0 fully saturated rings. The molecule has 1 aliphatic rings. The molecule has 2 aromatic carbocycles. The minimum absolute atomic E-state index is 0.378. The van der Waals surface area contributed by atoms with Crippen LogP contribution in [-0.2, 0) is 6.54 Å². The lowest BCUT2D eigenvalue weighted by molar-refractivity contribution is 0.295. The first-order valence-electron chi connectivity index (χ1n) is 7.83. The highest BCUT2D eigenvalue weighted by molar-refractivity contribution is 6.31. The van der Waals surface area contributed by atoms with E-state index in [1.54, 1.807) is 12.2 Å². The number of likely N-dealkylation sites (N-methyl/N-ethyl adjacent to an activating group) is 1. The highest BCUT2D eigenvalue weighted by atomic mass is 35.5. The average molecular weight is 326 g/mol. The maximum Gasteiger partial charge on any atom is 0.0447 e. The van der Waals surface area contributed by atoms with Gasteiger partial charge in [-0.25, -0.2) is 0 Å². The Morgan fingerprint density at radius 2 is 1.78 bits per heavy atom. The first kappa shape index (κ1) is 17.5. The first-order valence-corrected chi connectivity index (χ1v) is 8.21. The van der Waals surface area contributed by atoms with Gasteiger partial charge >= 0.3 is 0 Å². The van der Waals surface area contributed by atoms with E-state index in [9.17, 15) is 0 Å². The van der Waals surface area contributed by atoms with Gasteiger partial charge in [0.1, 0.15) is 0 Å². The third-order valence-corrected chi connectivity index (χ3v) is 4.49. The molecule has 2 aromatic rings. The molecule has 0 radical (unpaired) electrons. The number of aryl methyl sites for hydroxylation is 1. The van der Waals surface area contributed by atoms with Crippen molar-refractivity contribution in [1.29, 1.82) is 0 Å². The zero-order chi connectivity index (χ0) is 16.8. The summed E-state index contributed by atoms with van der Waals surface area (Å²) in [5, 5.41) is 0.902. The molecule has 0 spiro atoms. The topological polar surface area (TPSA) is 3.24 Å². The highest BCUT2D eigenvalue weighted by Gasteiger charge is 2.27. The number of nitrogens with zero attached hydrogens (tertiary/aromatic N) is 1. The molecule has 0 saturated carbocycles.